The number of rotatable bonds is 1. The Hall–Kier alpha value is -2.26. The molecule has 0 atom stereocenters. The van der Waals surface area contributed by atoms with Gasteiger partial charge in [-0.3, -0.25) is 4.79 Å². The molecule has 94 valence electrons. The summed E-state index contributed by atoms with van der Waals surface area (Å²) in [6.45, 7) is 0. The maximum absolute atomic E-state index is 11.9. The molecule has 1 aliphatic heterocycles. The predicted molar refractivity (Wildman–Crippen MR) is 75.1 cm³/mol. The molecule has 4 heteroatoms. The summed E-state index contributed by atoms with van der Waals surface area (Å²) in [5.74, 6) is 0.575. The Bertz CT molecular complexity index is 665. The van der Waals surface area contributed by atoms with Crippen LogP contribution < -0.4 is 10.1 Å². The van der Waals surface area contributed by atoms with E-state index in [4.69, 9.17) is 16.3 Å². The lowest BCUT2D eigenvalue weighted by Gasteiger charge is -2.19. The normalized spacial score (nSPS) is 15.6. The number of anilines is 1. The number of hydrogen-bond acceptors (Lipinski definition) is 2. The molecule has 3 nitrogen and oxygen atoms in total. The predicted octanol–water partition coefficient (Wildman–Crippen LogP) is 3.71. The number of amides is 1. The van der Waals surface area contributed by atoms with E-state index in [0.717, 1.165) is 5.56 Å². The number of halogens is 1. The van der Waals surface area contributed by atoms with Crippen LogP contribution in [0.5, 0.6) is 5.75 Å². The zero-order valence-corrected chi connectivity index (χ0v) is 10.6. The molecule has 1 heterocycles. The van der Waals surface area contributed by atoms with Gasteiger partial charge in [-0.15, -0.1) is 0 Å². The highest BCUT2D eigenvalue weighted by Gasteiger charge is 2.21. The largest absolute Gasteiger partial charge is 0.449 e. The Labute approximate surface area is 115 Å². The fourth-order valence-electron chi connectivity index (χ4n) is 1.83. The van der Waals surface area contributed by atoms with E-state index in [9.17, 15) is 4.79 Å². The number of carbonyl (C=O) groups excluding carboxylic acids is 1. The smallest absolute Gasteiger partial charge is 0.291 e. The van der Waals surface area contributed by atoms with Crippen LogP contribution in [0.4, 0.5) is 5.69 Å². The fourth-order valence-corrected chi connectivity index (χ4v) is 2.01. The van der Waals surface area contributed by atoms with Crippen LogP contribution in [0.2, 0.25) is 5.02 Å². The lowest BCUT2D eigenvalue weighted by Crippen LogP contribution is -2.23. The SMILES string of the molecule is O=C1Nc2cc(Cl)ccc2OC1=Cc1ccccc1. The topological polar surface area (TPSA) is 38.3 Å². The standard InChI is InChI=1S/C15H10ClNO2/c16-11-6-7-13-12(9-11)17-15(18)14(19-13)8-10-4-2-1-3-5-10/h1-9H,(H,17,18). The minimum Gasteiger partial charge on any atom is -0.449 e. The molecule has 2 aromatic carbocycles. The monoisotopic (exact) mass is 271 g/mol. The Morgan fingerprint density at radius 3 is 2.68 bits per heavy atom. The van der Waals surface area contributed by atoms with Gasteiger partial charge in [0.05, 0.1) is 5.69 Å². The van der Waals surface area contributed by atoms with Crippen LogP contribution in [-0.4, -0.2) is 5.91 Å². The third-order valence-electron chi connectivity index (χ3n) is 2.73. The van der Waals surface area contributed by atoms with E-state index >= 15 is 0 Å². The van der Waals surface area contributed by atoms with E-state index in [2.05, 4.69) is 5.32 Å². The van der Waals surface area contributed by atoms with Crippen LogP contribution in [-0.2, 0) is 4.79 Å². The molecule has 0 aromatic heterocycles. The number of fused-ring (bicyclic) bond motifs is 1. The molecular formula is C15H10ClNO2. The number of hydrogen-bond donors (Lipinski definition) is 1. The van der Waals surface area contributed by atoms with E-state index in [1.807, 2.05) is 30.3 Å². The van der Waals surface area contributed by atoms with Gasteiger partial charge >= 0.3 is 0 Å². The average molecular weight is 272 g/mol. The third kappa shape index (κ3) is 2.46. The van der Waals surface area contributed by atoms with Crippen molar-refractivity contribution in [3.63, 3.8) is 0 Å². The van der Waals surface area contributed by atoms with Crippen LogP contribution >= 0.6 is 11.6 Å². The molecule has 19 heavy (non-hydrogen) atoms. The first-order valence-electron chi connectivity index (χ1n) is 5.78. The maximum Gasteiger partial charge on any atom is 0.291 e. The van der Waals surface area contributed by atoms with Crippen molar-refractivity contribution in [2.24, 2.45) is 0 Å². The van der Waals surface area contributed by atoms with Crippen molar-refractivity contribution in [2.75, 3.05) is 5.32 Å². The molecule has 3 rings (SSSR count). The molecule has 0 spiro atoms. The summed E-state index contributed by atoms with van der Waals surface area (Å²) in [5, 5.41) is 3.31. The quantitative estimate of drug-likeness (QED) is 0.803. The van der Waals surface area contributed by atoms with Crippen LogP contribution in [0.3, 0.4) is 0 Å². The minimum absolute atomic E-state index is 0.265. The average Bonchev–Trinajstić information content (AvgIpc) is 2.41. The summed E-state index contributed by atoms with van der Waals surface area (Å²) in [7, 11) is 0. The zero-order valence-electron chi connectivity index (χ0n) is 9.89. The lowest BCUT2D eigenvalue weighted by molar-refractivity contribution is -0.115. The fraction of sp³-hybridized carbons (Fsp3) is 0. The van der Waals surface area contributed by atoms with Crippen LogP contribution in [0.1, 0.15) is 5.56 Å². The van der Waals surface area contributed by atoms with Crippen molar-refractivity contribution < 1.29 is 9.53 Å². The van der Waals surface area contributed by atoms with E-state index in [1.165, 1.54) is 0 Å². The summed E-state index contributed by atoms with van der Waals surface area (Å²) < 4.78 is 5.59. The highest BCUT2D eigenvalue weighted by atomic mass is 35.5. The third-order valence-corrected chi connectivity index (χ3v) is 2.97. The summed E-state index contributed by atoms with van der Waals surface area (Å²) in [6, 6.07) is 14.6. The van der Waals surface area contributed by atoms with Gasteiger partial charge in [0.15, 0.2) is 11.5 Å². The van der Waals surface area contributed by atoms with Gasteiger partial charge in [0.1, 0.15) is 0 Å². The summed E-state index contributed by atoms with van der Waals surface area (Å²) in [4.78, 5) is 11.9. The molecule has 0 radical (unpaired) electrons. The van der Waals surface area contributed by atoms with Crippen molar-refractivity contribution in [1.29, 1.82) is 0 Å². The Morgan fingerprint density at radius 1 is 1.11 bits per heavy atom. The molecule has 1 aliphatic rings. The lowest BCUT2D eigenvalue weighted by atomic mass is 10.2. The second-order valence-corrected chi connectivity index (χ2v) is 4.55. The molecule has 1 amide bonds. The number of carbonyl (C=O) groups is 1. The highest BCUT2D eigenvalue weighted by molar-refractivity contribution is 6.31. The molecule has 0 fully saturated rings. The van der Waals surface area contributed by atoms with Gasteiger partial charge in [0, 0.05) is 5.02 Å². The molecule has 1 N–H and O–H groups in total. The summed E-state index contributed by atoms with van der Waals surface area (Å²) in [5.41, 5.74) is 1.49. The Kier molecular flexibility index (Phi) is 2.97. The molecule has 2 aromatic rings. The number of ether oxygens (including phenoxy) is 1. The van der Waals surface area contributed by atoms with Gasteiger partial charge in [-0.1, -0.05) is 41.9 Å². The van der Waals surface area contributed by atoms with Crippen LogP contribution in [0.25, 0.3) is 6.08 Å². The van der Waals surface area contributed by atoms with Gasteiger partial charge in [-0.05, 0) is 29.8 Å². The van der Waals surface area contributed by atoms with Gasteiger partial charge in [0.25, 0.3) is 5.91 Å². The first kappa shape index (κ1) is 11.8. The molecule has 0 saturated carbocycles. The van der Waals surface area contributed by atoms with Gasteiger partial charge in [-0.25, -0.2) is 0 Å². The summed E-state index contributed by atoms with van der Waals surface area (Å²) in [6.07, 6.45) is 1.70. The number of nitrogens with one attached hydrogen (secondary N) is 1. The van der Waals surface area contributed by atoms with Crippen molar-refractivity contribution in [1.82, 2.24) is 0 Å². The van der Waals surface area contributed by atoms with Crippen LogP contribution in [0.15, 0.2) is 54.3 Å². The molecule has 0 saturated heterocycles. The van der Waals surface area contributed by atoms with Crippen LogP contribution in [0, 0.1) is 0 Å². The van der Waals surface area contributed by atoms with Crippen molar-refractivity contribution >= 4 is 29.3 Å². The van der Waals surface area contributed by atoms with Gasteiger partial charge in [-0.2, -0.15) is 0 Å². The molecule has 0 bridgehead atoms. The Morgan fingerprint density at radius 2 is 1.89 bits per heavy atom. The van der Waals surface area contributed by atoms with Crippen molar-refractivity contribution in [3.8, 4) is 5.75 Å². The molecule has 0 aliphatic carbocycles. The molecule has 0 unspecified atom stereocenters. The van der Waals surface area contributed by atoms with E-state index in [-0.39, 0.29) is 11.7 Å². The van der Waals surface area contributed by atoms with Crippen molar-refractivity contribution in [3.05, 3.63) is 64.9 Å². The number of benzene rings is 2. The maximum atomic E-state index is 11.9. The molecular weight excluding hydrogens is 262 g/mol. The van der Waals surface area contributed by atoms with E-state index in [1.54, 1.807) is 24.3 Å². The second-order valence-electron chi connectivity index (χ2n) is 4.12. The zero-order chi connectivity index (χ0) is 13.2. The van der Waals surface area contributed by atoms with Gasteiger partial charge in [0.2, 0.25) is 0 Å². The second kappa shape index (κ2) is 4.78. The van der Waals surface area contributed by atoms with E-state index in [0.29, 0.717) is 16.5 Å². The van der Waals surface area contributed by atoms with E-state index < -0.39 is 0 Å². The van der Waals surface area contributed by atoms with Crippen molar-refractivity contribution in [2.45, 2.75) is 0 Å². The minimum atomic E-state index is -0.279. The van der Waals surface area contributed by atoms with Gasteiger partial charge < -0.3 is 10.1 Å². The first-order valence-corrected chi connectivity index (χ1v) is 6.16. The first-order chi connectivity index (χ1) is 9.22. The Balaban J connectivity index is 1.96. The highest BCUT2D eigenvalue weighted by Crippen LogP contribution is 2.33. The summed E-state index contributed by atoms with van der Waals surface area (Å²) >= 11 is 5.87.